The van der Waals surface area contributed by atoms with Gasteiger partial charge in [0.15, 0.2) is 5.71 Å². The summed E-state index contributed by atoms with van der Waals surface area (Å²) < 4.78 is 101. The molecule has 0 fully saturated rings. The lowest BCUT2D eigenvalue weighted by Crippen LogP contribution is -2.28. The molecule has 59 heavy (non-hydrogen) atoms. The number of nitrogens with zero attached hydrogens (tertiary/aromatic N) is 5. The van der Waals surface area contributed by atoms with Gasteiger partial charge in [0.25, 0.3) is 30.4 Å². The maximum atomic E-state index is 13.7. The molecule has 24 heteroatoms. The van der Waals surface area contributed by atoms with Crippen molar-refractivity contribution in [1.82, 2.24) is 0 Å². The van der Waals surface area contributed by atoms with Crippen LogP contribution < -0.4 is 22.3 Å². The number of benzene rings is 4. The zero-order valence-corrected chi connectivity index (χ0v) is 31.9. The fourth-order valence-corrected chi connectivity index (χ4v) is 7.06. The van der Waals surface area contributed by atoms with E-state index in [1.54, 1.807) is 24.3 Å². The first kappa shape index (κ1) is 41.4. The summed E-state index contributed by atoms with van der Waals surface area (Å²) in [5, 5.41) is 26.2. The van der Waals surface area contributed by atoms with E-state index in [4.69, 9.17) is 11.5 Å². The van der Waals surface area contributed by atoms with E-state index in [0.717, 1.165) is 24.3 Å². The monoisotopic (exact) mass is 861 g/mol. The second kappa shape index (κ2) is 16.0. The second-order valence-corrected chi connectivity index (χ2v) is 16.3. The number of ketones is 2. The van der Waals surface area contributed by atoms with Crippen LogP contribution in [0.25, 0.3) is 6.08 Å². The number of hydrogen-bond acceptors (Lipinski definition) is 17. The third-order valence-electron chi connectivity index (χ3n) is 8.08. The Morgan fingerprint density at radius 1 is 0.661 bits per heavy atom. The van der Waals surface area contributed by atoms with Gasteiger partial charge in [0.2, 0.25) is 17.5 Å². The Morgan fingerprint density at radius 2 is 1.25 bits per heavy atom. The van der Waals surface area contributed by atoms with Crippen molar-refractivity contribution in [2.24, 2.45) is 31.2 Å². The number of azo groups is 1. The standard InChI is InChI=1S/C35H27N9O12S3/c36-20-3-14-26(27(45)17-20)42-39-23-8-6-21(7-9-23)38-35(47)18-1-4-22(5-2-18)40-43-32-28(58(51,52)53)15-19-16-29(59(54,55)56)33(34(46)30(19)31(32)37)44-41-24-10-12-25(13-11-24)57(48,49)50/h1-17,39,41H,36-37H2,(H,38,47)(H,48,49,50)(H,51,52,53)(H,54,55,56)/b42-26+,43-40?,44-33+. The van der Waals surface area contributed by atoms with Gasteiger partial charge < -0.3 is 16.6 Å². The van der Waals surface area contributed by atoms with E-state index < -0.39 is 84.9 Å². The third-order valence-corrected chi connectivity index (χ3v) is 10.7. The number of aliphatic imine (C=N–C) groups is 1. The number of hydrogen-bond donors (Lipinski definition) is 8. The van der Waals surface area contributed by atoms with Crippen molar-refractivity contribution < 1.29 is 53.6 Å². The Bertz CT molecular complexity index is 2990. The van der Waals surface area contributed by atoms with E-state index in [2.05, 4.69) is 36.3 Å². The lowest BCUT2D eigenvalue weighted by atomic mass is 9.92. The molecule has 6 rings (SSSR count). The smallest absolute Gasteiger partial charge is 0.296 e. The van der Waals surface area contributed by atoms with Crippen molar-refractivity contribution >= 4 is 99.4 Å². The first-order valence-corrected chi connectivity index (χ1v) is 20.5. The summed E-state index contributed by atoms with van der Waals surface area (Å²) in [6.45, 7) is 0. The number of rotatable bonds is 11. The summed E-state index contributed by atoms with van der Waals surface area (Å²) in [5.74, 6) is -2.01. The molecule has 2 aliphatic carbocycles. The normalized spacial score (nSPS) is 16.3. The van der Waals surface area contributed by atoms with Crippen molar-refractivity contribution in [2.75, 3.05) is 16.6 Å². The molecule has 0 aromatic heterocycles. The first-order chi connectivity index (χ1) is 27.7. The van der Waals surface area contributed by atoms with Gasteiger partial charge in [-0.05, 0) is 103 Å². The first-order valence-electron chi connectivity index (χ1n) is 16.2. The molecule has 0 spiro atoms. The molecule has 0 heterocycles. The molecule has 0 saturated carbocycles. The predicted octanol–water partition coefficient (Wildman–Crippen LogP) is 4.46. The van der Waals surface area contributed by atoms with E-state index in [1.807, 2.05) is 0 Å². The molecule has 302 valence electrons. The zero-order chi connectivity index (χ0) is 42.9. The largest absolute Gasteiger partial charge is 0.493 e. The van der Waals surface area contributed by atoms with E-state index in [-0.39, 0.29) is 28.4 Å². The van der Waals surface area contributed by atoms with E-state index in [0.29, 0.717) is 29.2 Å². The van der Waals surface area contributed by atoms with Crippen LogP contribution in [-0.2, 0) is 35.1 Å². The predicted molar refractivity (Wildman–Crippen MR) is 215 cm³/mol. The lowest BCUT2D eigenvalue weighted by Gasteiger charge is -2.20. The summed E-state index contributed by atoms with van der Waals surface area (Å²) in [4.78, 5) is 27.3. The number of fused-ring (bicyclic) bond motifs is 1. The molecular weight excluding hydrogens is 835 g/mol. The zero-order valence-electron chi connectivity index (χ0n) is 29.5. The molecule has 0 radical (unpaired) electrons. The Labute approximate surface area is 333 Å². The topological polar surface area (TPSA) is 355 Å². The number of nitrogens with two attached hydrogens (primary N) is 2. The molecule has 0 unspecified atom stereocenters. The fraction of sp³-hybridized carbons (Fsp3) is 0. The molecule has 0 atom stereocenters. The van der Waals surface area contributed by atoms with Crippen LogP contribution in [0.2, 0.25) is 0 Å². The molecule has 10 N–H and O–H groups in total. The number of carbonyl (C=O) groups excluding carboxylic acids is 2. The van der Waals surface area contributed by atoms with Crippen LogP contribution in [0.3, 0.4) is 0 Å². The summed E-state index contributed by atoms with van der Waals surface area (Å²) in [6, 6.07) is 16.7. The van der Waals surface area contributed by atoms with Gasteiger partial charge in [0.1, 0.15) is 21.2 Å². The molecule has 0 bridgehead atoms. The van der Waals surface area contributed by atoms with E-state index >= 15 is 0 Å². The second-order valence-electron chi connectivity index (χ2n) is 12.1. The Hall–Kier alpha value is -7.22. The fourth-order valence-electron chi connectivity index (χ4n) is 5.25. The van der Waals surface area contributed by atoms with Crippen LogP contribution in [0.1, 0.15) is 21.5 Å². The van der Waals surface area contributed by atoms with Gasteiger partial charge >= 0.3 is 0 Å². The van der Waals surface area contributed by atoms with E-state index in [1.165, 1.54) is 42.5 Å². The molecule has 0 amide bonds. The molecule has 0 saturated heterocycles. The minimum Gasteiger partial charge on any atom is -0.493 e. The van der Waals surface area contributed by atoms with E-state index in [9.17, 15) is 53.6 Å². The van der Waals surface area contributed by atoms with Crippen LogP contribution in [0, 0.1) is 0 Å². The Kier molecular flexibility index (Phi) is 11.2. The molecule has 4 aromatic rings. The number of aliphatic hydroxyl groups excluding tert-OH is 1. The molecule has 4 aromatic carbocycles. The van der Waals surface area contributed by atoms with Crippen molar-refractivity contribution in [3.05, 3.63) is 124 Å². The van der Waals surface area contributed by atoms with Crippen molar-refractivity contribution in [1.29, 1.82) is 0 Å². The highest BCUT2D eigenvalue weighted by molar-refractivity contribution is 7.91. The van der Waals surface area contributed by atoms with Crippen LogP contribution >= 0.6 is 0 Å². The number of nitrogens with one attached hydrogen (secondary N) is 2. The van der Waals surface area contributed by atoms with Gasteiger partial charge in [-0.25, -0.2) is 4.99 Å². The number of Topliss-reactive ketones (excluding diaryl/α,β-unsaturated/α-hetero) is 1. The SMILES string of the molecule is NC1=CC(=O)/C(=N/Nc2ccc(N=C(O)c3ccc(N=Nc4c(S(=O)(=O)O)cc5c(c4N)C(=O)/C(=N/Nc4ccc(S(=O)(=O)O)cc4)C(S(=O)(=O)O)=C5)cc3)cc2)C=C1. The Morgan fingerprint density at radius 3 is 1.83 bits per heavy atom. The van der Waals surface area contributed by atoms with Crippen LogP contribution in [0.4, 0.5) is 34.1 Å². The van der Waals surface area contributed by atoms with Crippen molar-refractivity contribution in [3.8, 4) is 0 Å². The van der Waals surface area contributed by atoms with Crippen LogP contribution in [0.15, 0.2) is 143 Å². The minimum atomic E-state index is -5.22. The number of allylic oxidation sites excluding steroid dienone is 4. The van der Waals surface area contributed by atoms with Gasteiger partial charge in [0, 0.05) is 17.3 Å². The molecule has 2 aliphatic rings. The average molecular weight is 862 g/mol. The van der Waals surface area contributed by atoms with Crippen LogP contribution in [-0.4, -0.2) is 72.9 Å². The highest BCUT2D eigenvalue weighted by atomic mass is 32.2. The highest BCUT2D eigenvalue weighted by Gasteiger charge is 2.37. The van der Waals surface area contributed by atoms with Crippen molar-refractivity contribution in [2.45, 2.75) is 9.79 Å². The summed E-state index contributed by atoms with van der Waals surface area (Å²) in [5.41, 5.74) is 15.2. The number of nitrogen functional groups attached to an aromatic ring is 1. The van der Waals surface area contributed by atoms with Crippen molar-refractivity contribution in [3.63, 3.8) is 0 Å². The summed E-state index contributed by atoms with van der Waals surface area (Å²) in [7, 11) is -14.9. The number of carbonyl (C=O) groups is 2. The highest BCUT2D eigenvalue weighted by Crippen LogP contribution is 2.41. The Balaban J connectivity index is 1.25. The molecule has 21 nitrogen and oxygen atoms in total. The third kappa shape index (κ3) is 9.50. The van der Waals surface area contributed by atoms with Gasteiger partial charge in [-0.15, -0.1) is 5.11 Å². The quantitative estimate of drug-likeness (QED) is 0.0196. The van der Waals surface area contributed by atoms with Gasteiger partial charge in [-0.2, -0.15) is 40.6 Å². The lowest BCUT2D eigenvalue weighted by molar-refractivity contribution is -0.108. The minimum absolute atomic E-state index is 0.000485. The van der Waals surface area contributed by atoms with Gasteiger partial charge in [-0.1, -0.05) is 0 Å². The molecular formula is C35H27N9O12S3. The number of anilines is 3. The van der Waals surface area contributed by atoms with Gasteiger partial charge in [0.05, 0.1) is 38.9 Å². The number of hydrazone groups is 2. The summed E-state index contributed by atoms with van der Waals surface area (Å²) >= 11 is 0. The molecule has 0 aliphatic heterocycles. The van der Waals surface area contributed by atoms with Gasteiger partial charge in [-0.3, -0.25) is 34.1 Å². The maximum absolute atomic E-state index is 13.7. The summed E-state index contributed by atoms with van der Waals surface area (Å²) in [6.07, 6.45) is 4.93. The number of aliphatic hydroxyl groups is 1. The van der Waals surface area contributed by atoms with Crippen LogP contribution in [0.5, 0.6) is 0 Å². The average Bonchev–Trinajstić information content (AvgIpc) is 3.16. The maximum Gasteiger partial charge on any atom is 0.296 e.